The molecular weight excluding hydrogens is 302 g/mol. The van der Waals surface area contributed by atoms with Crippen LogP contribution >= 0.6 is 0 Å². The van der Waals surface area contributed by atoms with E-state index in [0.29, 0.717) is 5.92 Å². The molecule has 0 saturated carbocycles. The van der Waals surface area contributed by atoms with Gasteiger partial charge in [-0.1, -0.05) is 13.3 Å². The highest BCUT2D eigenvalue weighted by atomic mass is 16.2. The number of aryl methyl sites for hydroxylation is 1. The quantitative estimate of drug-likeness (QED) is 0.849. The monoisotopic (exact) mass is 333 g/mol. The van der Waals surface area contributed by atoms with E-state index in [2.05, 4.69) is 39.5 Å². The summed E-state index contributed by atoms with van der Waals surface area (Å²) in [5, 5.41) is 0. The minimum absolute atomic E-state index is 0.222. The van der Waals surface area contributed by atoms with Crippen molar-refractivity contribution in [2.24, 2.45) is 0 Å². The lowest BCUT2D eigenvalue weighted by molar-refractivity contribution is 0.111. The molecule has 1 atom stereocenters. The van der Waals surface area contributed by atoms with Gasteiger partial charge in [-0.2, -0.15) is 0 Å². The molecule has 0 spiro atoms. The van der Waals surface area contributed by atoms with Gasteiger partial charge in [-0.25, -0.2) is 9.78 Å². The van der Waals surface area contributed by atoms with Crippen molar-refractivity contribution >= 4 is 6.03 Å². The third kappa shape index (κ3) is 3.91. The number of aromatic nitrogens is 2. The van der Waals surface area contributed by atoms with Gasteiger partial charge in [0.1, 0.15) is 5.82 Å². The van der Waals surface area contributed by atoms with Crippen molar-refractivity contribution in [3.63, 3.8) is 0 Å². The Hall–Kier alpha value is -1.56. The van der Waals surface area contributed by atoms with Gasteiger partial charge in [-0.15, -0.1) is 0 Å². The van der Waals surface area contributed by atoms with Crippen LogP contribution in [0.5, 0.6) is 0 Å². The molecule has 0 bridgehead atoms. The Morgan fingerprint density at radius 2 is 2.00 bits per heavy atom. The van der Waals surface area contributed by atoms with Gasteiger partial charge in [-0.05, 0) is 26.3 Å². The minimum Gasteiger partial charge on any atom is -0.335 e. The molecule has 0 aliphatic carbocycles. The third-order valence-electron chi connectivity index (χ3n) is 5.33. The maximum Gasteiger partial charge on any atom is 0.320 e. The van der Waals surface area contributed by atoms with Gasteiger partial charge in [0.2, 0.25) is 0 Å². The summed E-state index contributed by atoms with van der Waals surface area (Å²) in [5.41, 5.74) is 0. The standard InChI is InChI=1S/C18H31N5O/c1-3-4-8-21-10-7-19-17(21)16-6-5-9-23(15-16)18(24)22-13-11-20(2)12-14-22/h7,10,16H,3-6,8-9,11-15H2,1-2H3/t16-/m0/s1. The molecule has 0 radical (unpaired) electrons. The van der Waals surface area contributed by atoms with Gasteiger partial charge in [-0.3, -0.25) is 0 Å². The lowest BCUT2D eigenvalue weighted by Gasteiger charge is -2.39. The van der Waals surface area contributed by atoms with E-state index in [-0.39, 0.29) is 6.03 Å². The number of nitrogens with zero attached hydrogens (tertiary/aromatic N) is 5. The molecule has 3 heterocycles. The van der Waals surface area contributed by atoms with E-state index < -0.39 is 0 Å². The van der Waals surface area contributed by atoms with Crippen LogP contribution in [-0.2, 0) is 6.54 Å². The first-order valence-electron chi connectivity index (χ1n) is 9.42. The van der Waals surface area contributed by atoms with Crippen LogP contribution in [0, 0.1) is 0 Å². The summed E-state index contributed by atoms with van der Waals surface area (Å²) in [5.74, 6) is 1.54. The first kappa shape index (κ1) is 17.3. The first-order chi connectivity index (χ1) is 11.7. The van der Waals surface area contributed by atoms with Gasteiger partial charge in [0.25, 0.3) is 0 Å². The summed E-state index contributed by atoms with van der Waals surface area (Å²) < 4.78 is 2.29. The fourth-order valence-electron chi connectivity index (χ4n) is 3.76. The number of amides is 2. The van der Waals surface area contributed by atoms with Gasteiger partial charge in [0.15, 0.2) is 0 Å². The first-order valence-corrected chi connectivity index (χ1v) is 9.42. The highest BCUT2D eigenvalue weighted by Crippen LogP contribution is 2.27. The van der Waals surface area contributed by atoms with Gasteiger partial charge in [0, 0.05) is 64.1 Å². The van der Waals surface area contributed by atoms with Crippen LogP contribution < -0.4 is 0 Å². The fourth-order valence-corrected chi connectivity index (χ4v) is 3.76. The van der Waals surface area contributed by atoms with Crippen LogP contribution in [0.4, 0.5) is 4.79 Å². The van der Waals surface area contributed by atoms with Crippen molar-refractivity contribution in [2.75, 3.05) is 46.3 Å². The van der Waals surface area contributed by atoms with Crippen LogP contribution in [0.2, 0.25) is 0 Å². The van der Waals surface area contributed by atoms with E-state index in [9.17, 15) is 4.79 Å². The van der Waals surface area contributed by atoms with Crippen LogP contribution in [0.3, 0.4) is 0 Å². The Bertz CT molecular complexity index is 535. The SMILES string of the molecule is CCCCn1ccnc1[C@H]1CCCN(C(=O)N2CCN(C)CC2)C1. The second-order valence-corrected chi connectivity index (χ2v) is 7.19. The normalized spacial score (nSPS) is 22.8. The van der Waals surface area contributed by atoms with E-state index in [1.165, 1.54) is 18.7 Å². The number of hydrogen-bond acceptors (Lipinski definition) is 3. The number of carbonyl (C=O) groups is 1. The van der Waals surface area contributed by atoms with E-state index >= 15 is 0 Å². The number of imidazole rings is 1. The minimum atomic E-state index is 0.222. The zero-order valence-corrected chi connectivity index (χ0v) is 15.2. The predicted octanol–water partition coefficient (Wildman–Crippen LogP) is 2.23. The van der Waals surface area contributed by atoms with E-state index in [0.717, 1.165) is 58.7 Å². The number of carbonyl (C=O) groups excluding carboxylic acids is 1. The highest BCUT2D eigenvalue weighted by Gasteiger charge is 2.30. The molecule has 2 aliphatic heterocycles. The molecule has 2 fully saturated rings. The number of unbranched alkanes of at least 4 members (excludes halogenated alkanes) is 1. The predicted molar refractivity (Wildman–Crippen MR) is 95.1 cm³/mol. The summed E-state index contributed by atoms with van der Waals surface area (Å²) in [6, 6.07) is 0.222. The molecule has 0 aromatic carbocycles. The van der Waals surface area contributed by atoms with Gasteiger partial charge in [0.05, 0.1) is 0 Å². The number of piperidine rings is 1. The summed E-state index contributed by atoms with van der Waals surface area (Å²) >= 11 is 0. The number of likely N-dealkylation sites (tertiary alicyclic amines) is 1. The number of hydrogen-bond donors (Lipinski definition) is 0. The maximum atomic E-state index is 12.8. The lowest BCUT2D eigenvalue weighted by Crippen LogP contribution is -2.53. The Morgan fingerprint density at radius 3 is 2.75 bits per heavy atom. The smallest absolute Gasteiger partial charge is 0.320 e. The van der Waals surface area contributed by atoms with E-state index in [4.69, 9.17) is 0 Å². The van der Waals surface area contributed by atoms with Gasteiger partial charge < -0.3 is 19.3 Å². The Kier molecular flexibility index (Phi) is 5.76. The summed E-state index contributed by atoms with van der Waals surface area (Å²) in [6.07, 6.45) is 8.58. The average molecular weight is 333 g/mol. The van der Waals surface area contributed by atoms with Crippen molar-refractivity contribution in [1.29, 1.82) is 0 Å². The summed E-state index contributed by atoms with van der Waals surface area (Å²) in [7, 11) is 2.12. The zero-order valence-electron chi connectivity index (χ0n) is 15.2. The van der Waals surface area contributed by atoms with Crippen molar-refractivity contribution < 1.29 is 4.79 Å². The molecule has 24 heavy (non-hydrogen) atoms. The van der Waals surface area contributed by atoms with Gasteiger partial charge >= 0.3 is 6.03 Å². The number of piperazine rings is 1. The zero-order chi connectivity index (χ0) is 16.9. The molecular formula is C18H31N5O. The van der Waals surface area contributed by atoms with Crippen LogP contribution in [-0.4, -0.2) is 76.6 Å². The molecule has 6 nitrogen and oxygen atoms in total. The third-order valence-corrected chi connectivity index (χ3v) is 5.33. The molecule has 6 heteroatoms. The number of urea groups is 1. The Balaban J connectivity index is 1.62. The summed E-state index contributed by atoms with van der Waals surface area (Å²) in [6.45, 7) is 8.60. The number of likely N-dealkylation sites (N-methyl/N-ethyl adjacent to an activating group) is 1. The molecule has 2 saturated heterocycles. The van der Waals surface area contributed by atoms with E-state index in [1.807, 2.05) is 11.1 Å². The van der Waals surface area contributed by atoms with Crippen LogP contribution in [0.1, 0.15) is 44.3 Å². The van der Waals surface area contributed by atoms with Crippen LogP contribution in [0.25, 0.3) is 0 Å². The molecule has 1 aromatic rings. The van der Waals surface area contributed by atoms with Crippen molar-refractivity contribution in [3.8, 4) is 0 Å². The second-order valence-electron chi connectivity index (χ2n) is 7.19. The maximum absolute atomic E-state index is 12.8. The lowest BCUT2D eigenvalue weighted by atomic mass is 9.97. The molecule has 3 rings (SSSR count). The number of rotatable bonds is 4. The second kappa shape index (κ2) is 8.01. The van der Waals surface area contributed by atoms with Crippen molar-refractivity contribution in [3.05, 3.63) is 18.2 Å². The molecule has 0 unspecified atom stereocenters. The van der Waals surface area contributed by atoms with E-state index in [1.54, 1.807) is 0 Å². The molecule has 0 N–H and O–H groups in total. The van der Waals surface area contributed by atoms with Crippen LogP contribution in [0.15, 0.2) is 12.4 Å². The Labute approximate surface area is 145 Å². The fraction of sp³-hybridized carbons (Fsp3) is 0.778. The highest BCUT2D eigenvalue weighted by molar-refractivity contribution is 5.74. The topological polar surface area (TPSA) is 44.6 Å². The molecule has 134 valence electrons. The molecule has 2 amide bonds. The largest absolute Gasteiger partial charge is 0.335 e. The average Bonchev–Trinajstić information content (AvgIpc) is 3.08. The summed E-state index contributed by atoms with van der Waals surface area (Å²) in [4.78, 5) is 23.8. The molecule has 2 aliphatic rings. The Morgan fingerprint density at radius 1 is 1.21 bits per heavy atom. The van der Waals surface area contributed by atoms with Crippen molar-refractivity contribution in [2.45, 2.75) is 45.1 Å². The molecule has 1 aromatic heterocycles. The van der Waals surface area contributed by atoms with Crippen molar-refractivity contribution in [1.82, 2.24) is 24.3 Å².